The van der Waals surface area contributed by atoms with Crippen molar-refractivity contribution in [3.8, 4) is 0 Å². The Kier molecular flexibility index (Phi) is 5.68. The van der Waals surface area contributed by atoms with Crippen LogP contribution in [0, 0.1) is 0 Å². The number of carbonyl (C=O) groups excluding carboxylic acids is 2. The van der Waals surface area contributed by atoms with Gasteiger partial charge in [-0.2, -0.15) is 11.3 Å². The first-order chi connectivity index (χ1) is 10.6. The molecule has 0 bridgehead atoms. The number of aliphatic hydroxyl groups is 1. The maximum absolute atomic E-state index is 11.8. The Morgan fingerprint density at radius 1 is 1.18 bits per heavy atom. The average Bonchev–Trinajstić information content (AvgIpc) is 3.00. The Bertz CT molecular complexity index is 614. The van der Waals surface area contributed by atoms with E-state index in [2.05, 4.69) is 10.6 Å². The highest BCUT2D eigenvalue weighted by Gasteiger charge is 2.19. The molecule has 2 amide bonds. The van der Waals surface area contributed by atoms with Crippen LogP contribution in [0.4, 0.5) is 5.69 Å². The van der Waals surface area contributed by atoms with Gasteiger partial charge in [-0.15, -0.1) is 0 Å². The Morgan fingerprint density at radius 3 is 2.55 bits per heavy atom. The number of anilines is 1. The molecular formula is C16H18N2O3S. The highest BCUT2D eigenvalue weighted by Crippen LogP contribution is 2.17. The number of nitrogens with one attached hydrogen (secondary N) is 2. The highest BCUT2D eigenvalue weighted by molar-refractivity contribution is 7.08. The fourth-order valence-corrected chi connectivity index (χ4v) is 2.61. The highest BCUT2D eigenvalue weighted by atomic mass is 32.1. The maximum Gasteiger partial charge on any atom is 0.313 e. The van der Waals surface area contributed by atoms with E-state index in [1.54, 1.807) is 18.4 Å². The molecule has 0 radical (unpaired) electrons. The predicted molar refractivity (Wildman–Crippen MR) is 86.6 cm³/mol. The van der Waals surface area contributed by atoms with Crippen molar-refractivity contribution in [2.75, 3.05) is 5.32 Å². The van der Waals surface area contributed by atoms with Gasteiger partial charge in [0.15, 0.2) is 0 Å². The standard InChI is InChI=1S/C16H18N2O3S/c1-11(9-14(19)12-5-3-2-4-6-12)17-15(20)16(21)18-13-7-8-22-10-13/h2-8,10-11,14,19H,9H2,1H3,(H,17,20)(H,18,21). The van der Waals surface area contributed by atoms with Crippen LogP contribution in [0.1, 0.15) is 25.0 Å². The zero-order chi connectivity index (χ0) is 15.9. The van der Waals surface area contributed by atoms with Crippen LogP contribution in [0.3, 0.4) is 0 Å². The summed E-state index contributed by atoms with van der Waals surface area (Å²) in [6, 6.07) is 10.6. The van der Waals surface area contributed by atoms with Crippen LogP contribution in [-0.4, -0.2) is 23.0 Å². The molecule has 2 unspecified atom stereocenters. The Morgan fingerprint density at radius 2 is 1.91 bits per heavy atom. The van der Waals surface area contributed by atoms with Crippen LogP contribution in [-0.2, 0) is 9.59 Å². The summed E-state index contributed by atoms with van der Waals surface area (Å²) in [6.07, 6.45) is -0.349. The normalized spacial score (nSPS) is 13.2. The van der Waals surface area contributed by atoms with Crippen molar-refractivity contribution in [3.63, 3.8) is 0 Å². The van der Waals surface area contributed by atoms with E-state index >= 15 is 0 Å². The minimum atomic E-state index is -0.709. The van der Waals surface area contributed by atoms with Crippen molar-refractivity contribution in [3.05, 3.63) is 52.7 Å². The number of thiophene rings is 1. The van der Waals surface area contributed by atoms with Gasteiger partial charge >= 0.3 is 11.8 Å². The van der Waals surface area contributed by atoms with Crippen molar-refractivity contribution in [1.82, 2.24) is 5.32 Å². The molecule has 6 heteroatoms. The molecule has 0 aliphatic rings. The summed E-state index contributed by atoms with van der Waals surface area (Å²) in [5, 5.41) is 18.7. The number of carbonyl (C=O) groups is 2. The monoisotopic (exact) mass is 318 g/mol. The van der Waals surface area contributed by atoms with E-state index in [1.807, 2.05) is 35.7 Å². The van der Waals surface area contributed by atoms with Crippen LogP contribution in [0.5, 0.6) is 0 Å². The summed E-state index contributed by atoms with van der Waals surface area (Å²) in [4.78, 5) is 23.5. The molecule has 0 aliphatic heterocycles. The lowest BCUT2D eigenvalue weighted by atomic mass is 10.0. The van der Waals surface area contributed by atoms with Crippen molar-refractivity contribution >= 4 is 28.8 Å². The lowest BCUT2D eigenvalue weighted by Gasteiger charge is -2.18. The number of rotatable bonds is 5. The summed E-state index contributed by atoms with van der Waals surface area (Å²) in [6.45, 7) is 1.75. The van der Waals surface area contributed by atoms with Crippen LogP contribution < -0.4 is 10.6 Å². The van der Waals surface area contributed by atoms with Gasteiger partial charge in [0.1, 0.15) is 0 Å². The van der Waals surface area contributed by atoms with Gasteiger partial charge in [-0.1, -0.05) is 30.3 Å². The first-order valence-electron chi connectivity index (χ1n) is 6.93. The molecule has 5 nitrogen and oxygen atoms in total. The van der Waals surface area contributed by atoms with Crippen LogP contribution >= 0.6 is 11.3 Å². The maximum atomic E-state index is 11.8. The van der Waals surface area contributed by atoms with Crippen LogP contribution in [0.15, 0.2) is 47.2 Å². The quantitative estimate of drug-likeness (QED) is 0.740. The third-order valence-electron chi connectivity index (χ3n) is 3.12. The molecular weight excluding hydrogens is 300 g/mol. The second-order valence-corrected chi connectivity index (χ2v) is 5.78. The first-order valence-corrected chi connectivity index (χ1v) is 7.87. The third kappa shape index (κ3) is 4.68. The lowest BCUT2D eigenvalue weighted by Crippen LogP contribution is -2.41. The van der Waals surface area contributed by atoms with E-state index in [4.69, 9.17) is 0 Å². The van der Waals surface area contributed by atoms with Crippen LogP contribution in [0.2, 0.25) is 0 Å². The lowest BCUT2D eigenvalue weighted by molar-refractivity contribution is -0.136. The van der Waals surface area contributed by atoms with E-state index in [0.29, 0.717) is 12.1 Å². The molecule has 1 aromatic heterocycles. The van der Waals surface area contributed by atoms with Crippen molar-refractivity contribution < 1.29 is 14.7 Å². The minimum absolute atomic E-state index is 0.323. The summed E-state index contributed by atoms with van der Waals surface area (Å²) in [7, 11) is 0. The zero-order valence-electron chi connectivity index (χ0n) is 12.2. The molecule has 22 heavy (non-hydrogen) atoms. The Balaban J connectivity index is 1.82. The molecule has 0 spiro atoms. The minimum Gasteiger partial charge on any atom is -0.388 e. The number of amides is 2. The average molecular weight is 318 g/mol. The van der Waals surface area contributed by atoms with Gasteiger partial charge < -0.3 is 15.7 Å². The van der Waals surface area contributed by atoms with Crippen molar-refractivity contribution in [2.45, 2.75) is 25.5 Å². The molecule has 0 saturated carbocycles. The number of hydrogen-bond acceptors (Lipinski definition) is 4. The third-order valence-corrected chi connectivity index (χ3v) is 3.81. The number of aliphatic hydroxyl groups excluding tert-OH is 1. The fourth-order valence-electron chi connectivity index (χ4n) is 2.02. The molecule has 0 aliphatic carbocycles. The summed E-state index contributed by atoms with van der Waals surface area (Å²) in [5.41, 5.74) is 1.38. The van der Waals surface area contributed by atoms with Gasteiger partial charge in [0.25, 0.3) is 0 Å². The molecule has 1 aromatic carbocycles. The molecule has 2 rings (SSSR count). The van der Waals surface area contributed by atoms with E-state index in [-0.39, 0.29) is 6.04 Å². The largest absolute Gasteiger partial charge is 0.388 e. The Labute approximate surface area is 133 Å². The molecule has 116 valence electrons. The summed E-state index contributed by atoms with van der Waals surface area (Å²) in [5.74, 6) is -1.42. The van der Waals surface area contributed by atoms with Gasteiger partial charge in [-0.3, -0.25) is 9.59 Å². The SMILES string of the molecule is CC(CC(O)c1ccccc1)NC(=O)C(=O)Nc1ccsc1. The van der Waals surface area contributed by atoms with E-state index in [1.165, 1.54) is 11.3 Å². The molecule has 0 saturated heterocycles. The van der Waals surface area contributed by atoms with Gasteiger partial charge in [-0.25, -0.2) is 0 Å². The van der Waals surface area contributed by atoms with Gasteiger partial charge in [0, 0.05) is 11.4 Å². The van der Waals surface area contributed by atoms with E-state index < -0.39 is 17.9 Å². The number of benzene rings is 1. The smallest absolute Gasteiger partial charge is 0.313 e. The molecule has 1 heterocycles. The van der Waals surface area contributed by atoms with Crippen molar-refractivity contribution in [1.29, 1.82) is 0 Å². The van der Waals surface area contributed by atoms with Gasteiger partial charge in [0.2, 0.25) is 0 Å². The van der Waals surface area contributed by atoms with Crippen molar-refractivity contribution in [2.24, 2.45) is 0 Å². The molecule has 2 aromatic rings. The first kappa shape index (κ1) is 16.2. The second kappa shape index (κ2) is 7.72. The second-order valence-electron chi connectivity index (χ2n) is 5.00. The molecule has 0 fully saturated rings. The topological polar surface area (TPSA) is 78.4 Å². The fraction of sp³-hybridized carbons (Fsp3) is 0.250. The molecule has 3 N–H and O–H groups in total. The summed E-state index contributed by atoms with van der Waals surface area (Å²) < 4.78 is 0. The Hall–Kier alpha value is -2.18. The van der Waals surface area contributed by atoms with Crippen LogP contribution in [0.25, 0.3) is 0 Å². The van der Waals surface area contributed by atoms with Gasteiger partial charge in [-0.05, 0) is 30.4 Å². The van der Waals surface area contributed by atoms with E-state index in [0.717, 1.165) is 5.56 Å². The predicted octanol–water partition coefficient (Wildman–Crippen LogP) is 2.32. The summed E-state index contributed by atoms with van der Waals surface area (Å²) >= 11 is 1.43. The zero-order valence-corrected chi connectivity index (χ0v) is 13.0. The van der Waals surface area contributed by atoms with Gasteiger partial charge in [0.05, 0.1) is 11.8 Å². The number of hydrogen-bond donors (Lipinski definition) is 3. The molecule has 2 atom stereocenters. The van der Waals surface area contributed by atoms with E-state index in [9.17, 15) is 14.7 Å².